The van der Waals surface area contributed by atoms with Crippen molar-refractivity contribution in [3.8, 4) is 5.75 Å². The quantitative estimate of drug-likeness (QED) is 0.739. The Morgan fingerprint density at radius 1 is 1.11 bits per heavy atom. The molecule has 0 aliphatic heterocycles. The highest BCUT2D eigenvalue weighted by atomic mass is 35.5. The third-order valence-corrected chi connectivity index (χ3v) is 5.16. The van der Waals surface area contributed by atoms with E-state index in [1.54, 1.807) is 0 Å². The fourth-order valence-electron chi connectivity index (χ4n) is 3.42. The highest BCUT2D eigenvalue weighted by Gasteiger charge is 2.22. The molecule has 0 heterocycles. The zero-order valence-corrected chi connectivity index (χ0v) is 16.6. The molecule has 1 fully saturated rings. The molecule has 1 amide bonds. The minimum atomic E-state index is -0.318. The maximum Gasteiger partial charge on any atom is 0.225 e. The van der Waals surface area contributed by atoms with Gasteiger partial charge in [-0.15, -0.1) is 12.4 Å². The molecule has 3 rings (SSSR count). The Morgan fingerprint density at radius 3 is 2.44 bits per heavy atom. The molecule has 27 heavy (non-hydrogen) atoms. The zero-order valence-electron chi connectivity index (χ0n) is 15.8. The molecule has 0 bridgehead atoms. The Balaban J connectivity index is 0.00000261. The first-order chi connectivity index (χ1) is 12.6. The van der Waals surface area contributed by atoms with Crippen LogP contribution in [0.4, 0.5) is 0 Å². The lowest BCUT2D eigenvalue weighted by Crippen LogP contribution is -2.35. The van der Waals surface area contributed by atoms with Gasteiger partial charge in [0.15, 0.2) is 0 Å². The Labute approximate surface area is 167 Å². The predicted molar refractivity (Wildman–Crippen MR) is 111 cm³/mol. The van der Waals surface area contributed by atoms with Crippen molar-refractivity contribution in [3.63, 3.8) is 0 Å². The molecule has 0 radical (unpaired) electrons. The second-order valence-electron chi connectivity index (χ2n) is 7.07. The maximum atomic E-state index is 12.6. The lowest BCUT2D eigenvalue weighted by molar-refractivity contribution is -0.125. The molecule has 1 saturated carbocycles. The maximum absolute atomic E-state index is 12.6. The Kier molecular flexibility index (Phi) is 8.14. The van der Waals surface area contributed by atoms with Crippen LogP contribution in [0.2, 0.25) is 0 Å². The molecular formula is C22H29ClN2O2. The highest BCUT2D eigenvalue weighted by molar-refractivity contribution is 5.85. The summed E-state index contributed by atoms with van der Waals surface area (Å²) >= 11 is 0. The van der Waals surface area contributed by atoms with Crippen LogP contribution >= 0.6 is 12.4 Å². The highest BCUT2D eigenvalue weighted by Crippen LogP contribution is 2.27. The number of hydrogen-bond acceptors (Lipinski definition) is 3. The SMILES string of the molecule is CC(C(=O)NCc1ccccc1OC1CCCC1)C(N)c1ccccc1.Cl. The average molecular weight is 389 g/mol. The van der Waals surface area contributed by atoms with Gasteiger partial charge in [-0.1, -0.05) is 55.5 Å². The number of nitrogens with two attached hydrogens (primary N) is 1. The fourth-order valence-corrected chi connectivity index (χ4v) is 3.42. The van der Waals surface area contributed by atoms with Crippen LogP contribution in [0, 0.1) is 5.92 Å². The van der Waals surface area contributed by atoms with Crippen molar-refractivity contribution < 1.29 is 9.53 Å². The van der Waals surface area contributed by atoms with E-state index in [0.717, 1.165) is 29.7 Å². The van der Waals surface area contributed by atoms with Gasteiger partial charge in [-0.25, -0.2) is 0 Å². The zero-order chi connectivity index (χ0) is 18.4. The van der Waals surface area contributed by atoms with Gasteiger partial charge in [-0.05, 0) is 37.3 Å². The molecule has 2 aromatic rings. The number of carbonyl (C=O) groups excluding carboxylic acids is 1. The topological polar surface area (TPSA) is 64.3 Å². The van der Waals surface area contributed by atoms with Crippen molar-refractivity contribution in [2.75, 3.05) is 0 Å². The van der Waals surface area contributed by atoms with Crippen LogP contribution < -0.4 is 15.8 Å². The third kappa shape index (κ3) is 5.72. The van der Waals surface area contributed by atoms with Gasteiger partial charge in [0.2, 0.25) is 5.91 Å². The first-order valence-electron chi connectivity index (χ1n) is 9.48. The summed E-state index contributed by atoms with van der Waals surface area (Å²) in [5.41, 5.74) is 8.24. The molecule has 1 aliphatic rings. The number of rotatable bonds is 7. The van der Waals surface area contributed by atoms with E-state index >= 15 is 0 Å². The number of hydrogen-bond donors (Lipinski definition) is 2. The fraction of sp³-hybridized carbons (Fsp3) is 0.409. The Bertz CT molecular complexity index is 717. The van der Waals surface area contributed by atoms with Crippen molar-refractivity contribution in [2.24, 2.45) is 11.7 Å². The van der Waals surface area contributed by atoms with Gasteiger partial charge in [0.25, 0.3) is 0 Å². The van der Waals surface area contributed by atoms with Gasteiger partial charge < -0.3 is 15.8 Å². The van der Waals surface area contributed by atoms with Crippen molar-refractivity contribution in [1.29, 1.82) is 0 Å². The lowest BCUT2D eigenvalue weighted by Gasteiger charge is -2.21. The summed E-state index contributed by atoms with van der Waals surface area (Å²) < 4.78 is 6.14. The summed E-state index contributed by atoms with van der Waals surface area (Å²) in [6.07, 6.45) is 5.00. The molecule has 0 aromatic heterocycles. The van der Waals surface area contributed by atoms with E-state index in [9.17, 15) is 4.79 Å². The smallest absolute Gasteiger partial charge is 0.225 e. The van der Waals surface area contributed by atoms with Crippen LogP contribution in [-0.4, -0.2) is 12.0 Å². The summed E-state index contributed by atoms with van der Waals surface area (Å²) in [7, 11) is 0. The molecular weight excluding hydrogens is 360 g/mol. The van der Waals surface area contributed by atoms with Crippen LogP contribution in [0.3, 0.4) is 0 Å². The van der Waals surface area contributed by atoms with Crippen LogP contribution in [-0.2, 0) is 11.3 Å². The van der Waals surface area contributed by atoms with Crippen molar-refractivity contribution in [1.82, 2.24) is 5.32 Å². The molecule has 0 spiro atoms. The van der Waals surface area contributed by atoms with E-state index in [2.05, 4.69) is 5.32 Å². The van der Waals surface area contributed by atoms with Gasteiger partial charge in [0.05, 0.1) is 12.0 Å². The Morgan fingerprint density at radius 2 is 1.74 bits per heavy atom. The number of amides is 1. The largest absolute Gasteiger partial charge is 0.490 e. The number of benzene rings is 2. The van der Waals surface area contributed by atoms with Gasteiger partial charge in [-0.2, -0.15) is 0 Å². The molecule has 2 atom stereocenters. The van der Waals surface area contributed by atoms with Crippen LogP contribution in [0.5, 0.6) is 5.75 Å². The van der Waals surface area contributed by atoms with Gasteiger partial charge in [0, 0.05) is 18.2 Å². The van der Waals surface area contributed by atoms with Crippen LogP contribution in [0.25, 0.3) is 0 Å². The number of para-hydroxylation sites is 1. The Hall–Kier alpha value is -2.04. The molecule has 1 aliphatic carbocycles. The standard InChI is InChI=1S/C22H28N2O2.ClH/c1-16(21(23)17-9-3-2-4-10-17)22(25)24-15-18-11-5-8-14-20(18)26-19-12-6-7-13-19;/h2-5,8-11,14,16,19,21H,6-7,12-13,15,23H2,1H3,(H,24,25);1H. The van der Waals surface area contributed by atoms with Gasteiger partial charge in [0.1, 0.15) is 5.75 Å². The van der Waals surface area contributed by atoms with Gasteiger partial charge in [-0.3, -0.25) is 4.79 Å². The first kappa shape index (κ1) is 21.3. The number of halogens is 1. The molecule has 4 nitrogen and oxygen atoms in total. The minimum absolute atomic E-state index is 0. The second-order valence-corrected chi connectivity index (χ2v) is 7.07. The third-order valence-electron chi connectivity index (χ3n) is 5.16. The second kappa shape index (κ2) is 10.3. The van der Waals surface area contributed by atoms with E-state index in [4.69, 9.17) is 10.5 Å². The number of nitrogens with one attached hydrogen (secondary N) is 1. The van der Waals surface area contributed by atoms with Crippen LogP contribution in [0.15, 0.2) is 54.6 Å². The first-order valence-corrected chi connectivity index (χ1v) is 9.48. The summed E-state index contributed by atoms with van der Waals surface area (Å²) in [5, 5.41) is 3.02. The normalized spacial score (nSPS) is 16.2. The molecule has 0 saturated heterocycles. The predicted octanol–water partition coefficient (Wildman–Crippen LogP) is 4.38. The monoisotopic (exact) mass is 388 g/mol. The summed E-state index contributed by atoms with van der Waals surface area (Å²) in [5.74, 6) is 0.525. The molecule has 5 heteroatoms. The summed E-state index contributed by atoms with van der Waals surface area (Å²) in [6, 6.07) is 17.4. The molecule has 146 valence electrons. The van der Waals surface area contributed by atoms with Crippen molar-refractivity contribution >= 4 is 18.3 Å². The van der Waals surface area contributed by atoms with E-state index < -0.39 is 0 Å². The summed E-state index contributed by atoms with van der Waals surface area (Å²) in [6.45, 7) is 2.32. The molecule has 3 N–H and O–H groups in total. The minimum Gasteiger partial charge on any atom is -0.490 e. The van der Waals surface area contributed by atoms with E-state index in [0.29, 0.717) is 12.6 Å². The summed E-state index contributed by atoms with van der Waals surface area (Å²) in [4.78, 5) is 12.6. The molecule has 2 aromatic carbocycles. The average Bonchev–Trinajstić information content (AvgIpc) is 3.19. The van der Waals surface area contributed by atoms with E-state index in [-0.39, 0.29) is 30.3 Å². The lowest BCUT2D eigenvalue weighted by atomic mass is 9.94. The van der Waals surface area contributed by atoms with Gasteiger partial charge >= 0.3 is 0 Å². The van der Waals surface area contributed by atoms with Crippen molar-refractivity contribution in [3.05, 3.63) is 65.7 Å². The molecule has 2 unspecified atom stereocenters. The van der Waals surface area contributed by atoms with E-state index in [1.807, 2.05) is 61.5 Å². The van der Waals surface area contributed by atoms with Crippen molar-refractivity contribution in [2.45, 2.75) is 51.3 Å². The number of ether oxygens (including phenoxy) is 1. The van der Waals surface area contributed by atoms with E-state index in [1.165, 1.54) is 12.8 Å². The van der Waals surface area contributed by atoms with Crippen LogP contribution in [0.1, 0.15) is 49.8 Å². The number of carbonyl (C=O) groups is 1.